The van der Waals surface area contributed by atoms with Crippen LogP contribution in [-0.4, -0.2) is 0 Å². The van der Waals surface area contributed by atoms with E-state index >= 15 is 0 Å². The van der Waals surface area contributed by atoms with Crippen molar-refractivity contribution in [2.75, 3.05) is 0 Å². The molecule has 0 aromatic heterocycles. The number of hydrogen-bond donors (Lipinski definition) is 0. The second-order valence-electron chi connectivity index (χ2n) is 4.32. The average molecular weight is 164 g/mol. The van der Waals surface area contributed by atoms with Gasteiger partial charge in [0.05, 0.1) is 0 Å². The Morgan fingerprint density at radius 3 is 1.83 bits per heavy atom. The summed E-state index contributed by atoms with van der Waals surface area (Å²) in [5.41, 5.74) is 2.80. The van der Waals surface area contributed by atoms with Gasteiger partial charge in [0.1, 0.15) is 0 Å². The predicted molar refractivity (Wildman–Crippen MR) is 57.2 cm³/mol. The molecule has 0 radical (unpaired) electrons. The largest absolute Gasteiger partial charge is 0.0988 e. The molecule has 0 aliphatic heterocycles. The normalized spacial score (nSPS) is 12.6. The molecule has 0 spiro atoms. The molecule has 0 aliphatic carbocycles. The first kappa shape index (κ1) is 11.2. The molecule has 0 fully saturated rings. The van der Waals surface area contributed by atoms with Gasteiger partial charge in [-0.1, -0.05) is 51.2 Å². The Morgan fingerprint density at radius 2 is 1.58 bits per heavy atom. The Kier molecular flexibility index (Phi) is 4.02. The van der Waals surface area contributed by atoms with Gasteiger partial charge in [-0.3, -0.25) is 0 Å². The van der Waals surface area contributed by atoms with Gasteiger partial charge < -0.3 is 0 Å². The van der Waals surface area contributed by atoms with Gasteiger partial charge >= 0.3 is 0 Å². The standard InChI is InChI=1S/C12H20/c1-7-11(12(4,5)6)9-8-10(2)3/h7-9H,1H2,2-6H3/b11-9+. The van der Waals surface area contributed by atoms with Crippen molar-refractivity contribution >= 4 is 0 Å². The van der Waals surface area contributed by atoms with Gasteiger partial charge in [0.2, 0.25) is 0 Å². The van der Waals surface area contributed by atoms with E-state index in [0.717, 1.165) is 0 Å². The molecular weight excluding hydrogens is 144 g/mol. The second kappa shape index (κ2) is 4.30. The lowest BCUT2D eigenvalue weighted by Gasteiger charge is -2.19. The summed E-state index contributed by atoms with van der Waals surface area (Å²) in [5.74, 6) is 0. The van der Waals surface area contributed by atoms with E-state index < -0.39 is 0 Å². The highest BCUT2D eigenvalue weighted by atomic mass is 14.2. The van der Waals surface area contributed by atoms with Gasteiger partial charge in [-0.15, -0.1) is 0 Å². The van der Waals surface area contributed by atoms with Crippen LogP contribution in [0, 0.1) is 5.41 Å². The summed E-state index contributed by atoms with van der Waals surface area (Å²) in [5, 5.41) is 0. The van der Waals surface area contributed by atoms with Gasteiger partial charge in [0.25, 0.3) is 0 Å². The van der Waals surface area contributed by atoms with Gasteiger partial charge in [-0.25, -0.2) is 0 Å². The van der Waals surface area contributed by atoms with Crippen molar-refractivity contribution in [3.05, 3.63) is 36.0 Å². The lowest BCUT2D eigenvalue weighted by molar-refractivity contribution is 0.517. The highest BCUT2D eigenvalue weighted by molar-refractivity contribution is 5.28. The zero-order valence-corrected chi connectivity index (χ0v) is 8.94. The van der Waals surface area contributed by atoms with E-state index in [1.807, 2.05) is 6.08 Å². The Hall–Kier alpha value is -0.780. The van der Waals surface area contributed by atoms with E-state index in [1.54, 1.807) is 0 Å². The summed E-state index contributed by atoms with van der Waals surface area (Å²) in [4.78, 5) is 0. The first-order chi connectivity index (χ1) is 5.38. The van der Waals surface area contributed by atoms with E-state index in [2.05, 4.69) is 53.3 Å². The van der Waals surface area contributed by atoms with Crippen LogP contribution in [0.1, 0.15) is 34.6 Å². The average Bonchev–Trinajstić information content (AvgIpc) is 1.85. The van der Waals surface area contributed by atoms with Crippen molar-refractivity contribution in [2.45, 2.75) is 34.6 Å². The van der Waals surface area contributed by atoms with Crippen molar-refractivity contribution in [3.8, 4) is 0 Å². The maximum atomic E-state index is 3.81. The zero-order valence-electron chi connectivity index (χ0n) is 8.94. The van der Waals surface area contributed by atoms with Crippen molar-refractivity contribution in [3.63, 3.8) is 0 Å². The van der Waals surface area contributed by atoms with Crippen molar-refractivity contribution in [2.24, 2.45) is 5.41 Å². The zero-order chi connectivity index (χ0) is 9.78. The van der Waals surface area contributed by atoms with Crippen molar-refractivity contribution < 1.29 is 0 Å². The lowest BCUT2D eigenvalue weighted by atomic mass is 9.86. The molecular formula is C12H20. The summed E-state index contributed by atoms with van der Waals surface area (Å²) in [7, 11) is 0. The smallest absolute Gasteiger partial charge is 0.0132 e. The van der Waals surface area contributed by atoms with Crippen LogP contribution in [0.25, 0.3) is 0 Å². The third-order valence-electron chi connectivity index (χ3n) is 1.68. The molecule has 0 N–H and O–H groups in total. The highest BCUT2D eigenvalue weighted by Crippen LogP contribution is 2.25. The highest BCUT2D eigenvalue weighted by Gasteiger charge is 2.12. The van der Waals surface area contributed by atoms with E-state index in [9.17, 15) is 0 Å². The molecule has 0 saturated heterocycles. The predicted octanol–water partition coefficient (Wildman–Crippen LogP) is 4.11. The van der Waals surface area contributed by atoms with Crippen LogP contribution in [0.4, 0.5) is 0 Å². The van der Waals surface area contributed by atoms with Crippen molar-refractivity contribution in [1.29, 1.82) is 0 Å². The van der Waals surface area contributed by atoms with Crippen LogP contribution < -0.4 is 0 Å². The van der Waals surface area contributed by atoms with E-state index in [-0.39, 0.29) is 5.41 Å². The van der Waals surface area contributed by atoms with Crippen LogP contribution in [-0.2, 0) is 0 Å². The minimum Gasteiger partial charge on any atom is -0.0988 e. The first-order valence-corrected chi connectivity index (χ1v) is 4.36. The fourth-order valence-electron chi connectivity index (χ4n) is 0.881. The fourth-order valence-corrected chi connectivity index (χ4v) is 0.881. The van der Waals surface area contributed by atoms with Crippen molar-refractivity contribution in [1.82, 2.24) is 0 Å². The van der Waals surface area contributed by atoms with E-state index in [1.165, 1.54) is 11.1 Å². The van der Waals surface area contributed by atoms with Crippen LogP contribution in [0.5, 0.6) is 0 Å². The Morgan fingerprint density at radius 1 is 1.08 bits per heavy atom. The number of allylic oxidation sites excluding steroid dienone is 5. The molecule has 0 rings (SSSR count). The fraction of sp³-hybridized carbons (Fsp3) is 0.500. The third kappa shape index (κ3) is 4.17. The Bertz CT molecular complexity index is 205. The molecule has 0 heteroatoms. The molecule has 12 heavy (non-hydrogen) atoms. The van der Waals surface area contributed by atoms with Gasteiger partial charge in [0.15, 0.2) is 0 Å². The molecule has 0 nitrogen and oxygen atoms in total. The SMILES string of the molecule is C=C/C(=C\C=C(C)C)C(C)(C)C. The first-order valence-electron chi connectivity index (χ1n) is 4.36. The molecule has 0 unspecified atom stereocenters. The summed E-state index contributed by atoms with van der Waals surface area (Å²) >= 11 is 0. The molecule has 0 heterocycles. The monoisotopic (exact) mass is 164 g/mol. The van der Waals surface area contributed by atoms with Crippen LogP contribution in [0.2, 0.25) is 0 Å². The number of rotatable bonds is 2. The third-order valence-corrected chi connectivity index (χ3v) is 1.68. The Balaban J connectivity index is 4.68. The van der Waals surface area contributed by atoms with Gasteiger partial charge in [0, 0.05) is 0 Å². The topological polar surface area (TPSA) is 0 Å². The van der Waals surface area contributed by atoms with Crippen LogP contribution in [0.3, 0.4) is 0 Å². The molecule has 0 aliphatic rings. The molecule has 68 valence electrons. The molecule has 0 saturated carbocycles. The summed E-state index contributed by atoms with van der Waals surface area (Å²) in [6.07, 6.45) is 6.20. The Labute approximate surface area is 76.7 Å². The van der Waals surface area contributed by atoms with E-state index in [4.69, 9.17) is 0 Å². The quantitative estimate of drug-likeness (QED) is 0.539. The minimum absolute atomic E-state index is 0.202. The number of hydrogen-bond acceptors (Lipinski definition) is 0. The summed E-state index contributed by atoms with van der Waals surface area (Å²) in [6, 6.07) is 0. The molecule has 0 atom stereocenters. The summed E-state index contributed by atoms with van der Waals surface area (Å²) < 4.78 is 0. The maximum absolute atomic E-state index is 3.81. The molecule has 0 amide bonds. The summed E-state index contributed by atoms with van der Waals surface area (Å²) in [6.45, 7) is 14.6. The molecule has 0 bridgehead atoms. The van der Waals surface area contributed by atoms with E-state index in [0.29, 0.717) is 0 Å². The molecule has 0 aromatic rings. The molecule has 0 aromatic carbocycles. The van der Waals surface area contributed by atoms with Crippen LogP contribution >= 0.6 is 0 Å². The van der Waals surface area contributed by atoms with Gasteiger partial charge in [-0.05, 0) is 24.8 Å². The maximum Gasteiger partial charge on any atom is -0.0132 e. The minimum atomic E-state index is 0.202. The van der Waals surface area contributed by atoms with Gasteiger partial charge in [-0.2, -0.15) is 0 Å². The second-order valence-corrected chi connectivity index (χ2v) is 4.32. The van der Waals surface area contributed by atoms with Crippen LogP contribution in [0.15, 0.2) is 36.0 Å². The lowest BCUT2D eigenvalue weighted by Crippen LogP contribution is -2.06.